The number of rotatable bonds is 9. The van der Waals surface area contributed by atoms with Gasteiger partial charge < -0.3 is 18.9 Å². The smallest absolute Gasteiger partial charge is 0.358 e. The van der Waals surface area contributed by atoms with E-state index in [1.807, 2.05) is 20.8 Å². The first-order valence-corrected chi connectivity index (χ1v) is 7.64. The summed E-state index contributed by atoms with van der Waals surface area (Å²) in [4.78, 5) is 30.5. The molecule has 134 valence electrons. The Bertz CT molecular complexity index is 524. The highest BCUT2D eigenvalue weighted by Gasteiger charge is 2.15. The SMILES string of the molecule is COC(=O)c1cnc(OCCCCOCC(=O)OC(C)(C)C)cn1. The molecule has 0 bridgehead atoms. The van der Waals surface area contributed by atoms with Crippen LogP contribution in [0.2, 0.25) is 0 Å². The molecule has 24 heavy (non-hydrogen) atoms. The van der Waals surface area contributed by atoms with Crippen LogP contribution in [0.4, 0.5) is 0 Å². The molecular weight excluding hydrogens is 316 g/mol. The van der Waals surface area contributed by atoms with Gasteiger partial charge in [-0.3, -0.25) is 0 Å². The summed E-state index contributed by atoms with van der Waals surface area (Å²) in [6.45, 7) is 6.24. The molecule has 0 aliphatic rings. The van der Waals surface area contributed by atoms with Gasteiger partial charge in [-0.25, -0.2) is 19.6 Å². The largest absolute Gasteiger partial charge is 0.477 e. The molecule has 1 heterocycles. The van der Waals surface area contributed by atoms with E-state index >= 15 is 0 Å². The summed E-state index contributed by atoms with van der Waals surface area (Å²) in [6, 6.07) is 0. The minimum atomic E-state index is -0.545. The normalized spacial score (nSPS) is 11.0. The predicted octanol–water partition coefficient (Wildman–Crippen LogP) is 1.78. The fourth-order valence-electron chi connectivity index (χ4n) is 1.61. The van der Waals surface area contributed by atoms with Crippen LogP contribution in [0.25, 0.3) is 0 Å². The zero-order valence-electron chi connectivity index (χ0n) is 14.5. The molecule has 1 aromatic rings. The van der Waals surface area contributed by atoms with Crippen LogP contribution < -0.4 is 4.74 Å². The lowest BCUT2D eigenvalue weighted by Gasteiger charge is -2.19. The van der Waals surface area contributed by atoms with E-state index in [9.17, 15) is 9.59 Å². The van der Waals surface area contributed by atoms with Crippen LogP contribution in [0.3, 0.4) is 0 Å². The van der Waals surface area contributed by atoms with Crippen LogP contribution in [0.1, 0.15) is 44.1 Å². The first-order valence-electron chi connectivity index (χ1n) is 7.64. The summed E-state index contributed by atoms with van der Waals surface area (Å²) in [7, 11) is 1.28. The average Bonchev–Trinajstić information content (AvgIpc) is 2.52. The first-order chi connectivity index (χ1) is 11.3. The molecular formula is C16H24N2O6. The number of carbonyl (C=O) groups is 2. The van der Waals surface area contributed by atoms with E-state index in [2.05, 4.69) is 14.7 Å². The van der Waals surface area contributed by atoms with Crippen molar-refractivity contribution in [1.82, 2.24) is 9.97 Å². The third-order valence-electron chi connectivity index (χ3n) is 2.60. The van der Waals surface area contributed by atoms with Crippen LogP contribution in [0.15, 0.2) is 12.4 Å². The van der Waals surface area contributed by atoms with Crippen LogP contribution in [-0.2, 0) is 19.0 Å². The Balaban J connectivity index is 2.10. The molecule has 0 saturated heterocycles. The molecule has 0 amide bonds. The minimum absolute atomic E-state index is 0.0570. The van der Waals surface area contributed by atoms with Gasteiger partial charge in [0.05, 0.1) is 26.1 Å². The number of hydrogen-bond acceptors (Lipinski definition) is 8. The predicted molar refractivity (Wildman–Crippen MR) is 84.8 cm³/mol. The van der Waals surface area contributed by atoms with Gasteiger partial charge in [0.1, 0.15) is 12.2 Å². The fourth-order valence-corrected chi connectivity index (χ4v) is 1.61. The van der Waals surface area contributed by atoms with E-state index in [1.165, 1.54) is 19.5 Å². The highest BCUT2D eigenvalue weighted by atomic mass is 16.6. The highest BCUT2D eigenvalue weighted by Crippen LogP contribution is 2.07. The molecule has 0 aromatic carbocycles. The molecule has 0 fully saturated rings. The van der Waals surface area contributed by atoms with Crippen molar-refractivity contribution in [3.63, 3.8) is 0 Å². The minimum Gasteiger partial charge on any atom is -0.477 e. The third kappa shape index (κ3) is 8.42. The molecule has 0 atom stereocenters. The molecule has 0 aliphatic carbocycles. The summed E-state index contributed by atoms with van der Waals surface area (Å²) >= 11 is 0. The third-order valence-corrected chi connectivity index (χ3v) is 2.60. The highest BCUT2D eigenvalue weighted by molar-refractivity contribution is 5.86. The van der Waals surface area contributed by atoms with Gasteiger partial charge in [0.2, 0.25) is 5.88 Å². The van der Waals surface area contributed by atoms with Gasteiger partial charge in [-0.15, -0.1) is 0 Å². The number of unbranched alkanes of at least 4 members (excludes halogenated alkanes) is 1. The van der Waals surface area contributed by atoms with E-state index in [4.69, 9.17) is 14.2 Å². The van der Waals surface area contributed by atoms with E-state index in [0.29, 0.717) is 19.1 Å². The standard InChI is InChI=1S/C16H24N2O6/c1-16(2,3)24-14(19)11-22-7-5-6-8-23-13-10-17-12(9-18-13)15(20)21-4/h9-10H,5-8,11H2,1-4H3. The Morgan fingerprint density at radius 1 is 1.08 bits per heavy atom. The van der Waals surface area contributed by atoms with Crippen molar-refractivity contribution in [3.8, 4) is 5.88 Å². The molecule has 0 unspecified atom stereocenters. The summed E-state index contributed by atoms with van der Waals surface area (Å²) in [5.74, 6) is -0.590. The second-order valence-corrected chi connectivity index (χ2v) is 5.93. The summed E-state index contributed by atoms with van der Waals surface area (Å²) in [6.07, 6.45) is 4.13. The lowest BCUT2D eigenvalue weighted by Crippen LogP contribution is -2.26. The number of ether oxygens (including phenoxy) is 4. The second kappa shape index (κ2) is 9.82. The molecule has 0 aliphatic heterocycles. The molecule has 0 saturated carbocycles. The molecule has 1 aromatic heterocycles. The van der Waals surface area contributed by atoms with Gasteiger partial charge in [0.15, 0.2) is 5.69 Å². The Morgan fingerprint density at radius 3 is 2.38 bits per heavy atom. The maximum absolute atomic E-state index is 11.4. The molecule has 1 rings (SSSR count). The molecule has 0 spiro atoms. The zero-order valence-corrected chi connectivity index (χ0v) is 14.5. The summed E-state index contributed by atoms with van der Waals surface area (Å²) in [5.41, 5.74) is -0.376. The van der Waals surface area contributed by atoms with Gasteiger partial charge in [-0.1, -0.05) is 0 Å². The molecule has 8 heteroatoms. The van der Waals surface area contributed by atoms with Gasteiger partial charge in [-0.05, 0) is 33.6 Å². The Kier molecular flexibility index (Phi) is 8.11. The van der Waals surface area contributed by atoms with Crippen molar-refractivity contribution in [2.24, 2.45) is 0 Å². The van der Waals surface area contributed by atoms with Crippen molar-refractivity contribution in [2.75, 3.05) is 26.9 Å². The zero-order chi connectivity index (χ0) is 18.0. The van der Waals surface area contributed by atoms with Crippen molar-refractivity contribution in [1.29, 1.82) is 0 Å². The maximum Gasteiger partial charge on any atom is 0.358 e. The number of carbonyl (C=O) groups excluding carboxylic acids is 2. The van der Waals surface area contributed by atoms with Crippen LogP contribution >= 0.6 is 0 Å². The number of aromatic nitrogens is 2. The molecule has 0 radical (unpaired) electrons. The lowest BCUT2D eigenvalue weighted by atomic mass is 10.2. The number of hydrogen-bond donors (Lipinski definition) is 0. The van der Waals surface area contributed by atoms with Gasteiger partial charge in [0.25, 0.3) is 0 Å². The lowest BCUT2D eigenvalue weighted by molar-refractivity contribution is -0.160. The average molecular weight is 340 g/mol. The van der Waals surface area contributed by atoms with Gasteiger partial charge in [-0.2, -0.15) is 0 Å². The second-order valence-electron chi connectivity index (χ2n) is 5.93. The number of esters is 2. The molecule has 0 N–H and O–H groups in total. The van der Waals surface area contributed by atoms with Crippen molar-refractivity contribution in [2.45, 2.75) is 39.2 Å². The van der Waals surface area contributed by atoms with Crippen molar-refractivity contribution < 1.29 is 28.5 Å². The Hall–Kier alpha value is -2.22. The van der Waals surface area contributed by atoms with Crippen molar-refractivity contribution in [3.05, 3.63) is 18.1 Å². The number of methoxy groups -OCH3 is 1. The van der Waals surface area contributed by atoms with E-state index < -0.39 is 11.6 Å². The summed E-state index contributed by atoms with van der Waals surface area (Å²) in [5, 5.41) is 0. The topological polar surface area (TPSA) is 96.8 Å². The van der Waals surface area contributed by atoms with E-state index in [0.717, 1.165) is 12.8 Å². The monoisotopic (exact) mass is 340 g/mol. The van der Waals surface area contributed by atoms with Crippen LogP contribution in [-0.4, -0.2) is 54.4 Å². The Labute approximate surface area is 141 Å². The number of nitrogens with zero attached hydrogens (tertiary/aromatic N) is 2. The van der Waals surface area contributed by atoms with Gasteiger partial charge >= 0.3 is 11.9 Å². The van der Waals surface area contributed by atoms with E-state index in [-0.39, 0.29) is 18.3 Å². The maximum atomic E-state index is 11.4. The van der Waals surface area contributed by atoms with Crippen LogP contribution in [0.5, 0.6) is 5.88 Å². The fraction of sp³-hybridized carbons (Fsp3) is 0.625. The van der Waals surface area contributed by atoms with Gasteiger partial charge in [0, 0.05) is 6.61 Å². The molecule has 8 nitrogen and oxygen atoms in total. The van der Waals surface area contributed by atoms with Crippen LogP contribution in [0, 0.1) is 0 Å². The van der Waals surface area contributed by atoms with Crippen molar-refractivity contribution >= 4 is 11.9 Å². The first kappa shape index (κ1) is 19.8. The quantitative estimate of drug-likeness (QED) is 0.496. The summed E-state index contributed by atoms with van der Waals surface area (Å²) < 4.78 is 20.3. The Morgan fingerprint density at radius 2 is 1.79 bits per heavy atom. The van der Waals surface area contributed by atoms with E-state index in [1.54, 1.807) is 0 Å².